The number of morpholine rings is 1. The molecule has 2 fully saturated rings. The molecule has 4 nitrogen and oxygen atoms in total. The van der Waals surface area contributed by atoms with Gasteiger partial charge in [0, 0.05) is 39.3 Å². The maximum absolute atomic E-state index is 5.26. The summed E-state index contributed by atoms with van der Waals surface area (Å²) in [5.74, 6) is 1.68. The molecule has 0 bridgehead atoms. The van der Waals surface area contributed by atoms with Crippen LogP contribution < -0.4 is 0 Å². The highest BCUT2D eigenvalue weighted by Crippen LogP contribution is 2.05. The van der Waals surface area contributed by atoms with E-state index < -0.39 is 0 Å². The third-order valence-electron chi connectivity index (χ3n) is 4.74. The van der Waals surface area contributed by atoms with Crippen molar-refractivity contribution < 1.29 is 4.74 Å². The van der Waals surface area contributed by atoms with Gasteiger partial charge in [-0.05, 0) is 44.8 Å². The molecule has 2 heterocycles. The molecule has 0 aromatic rings. The van der Waals surface area contributed by atoms with Gasteiger partial charge in [0.25, 0.3) is 0 Å². The van der Waals surface area contributed by atoms with E-state index >= 15 is 0 Å². The summed E-state index contributed by atoms with van der Waals surface area (Å²) < 4.78 is 5.26. The summed E-state index contributed by atoms with van der Waals surface area (Å²) in [6.45, 7) is 20.9. The quantitative estimate of drug-likeness (QED) is 0.746. The van der Waals surface area contributed by atoms with Crippen molar-refractivity contribution in [2.75, 3.05) is 72.6 Å². The highest BCUT2D eigenvalue weighted by atomic mass is 16.5. The number of rotatable bonds is 6. The Balaban J connectivity index is 0.000000231. The summed E-state index contributed by atoms with van der Waals surface area (Å²) >= 11 is 0. The monoisotopic (exact) mass is 327 g/mol. The van der Waals surface area contributed by atoms with E-state index in [4.69, 9.17) is 4.74 Å². The van der Waals surface area contributed by atoms with Gasteiger partial charge in [-0.1, -0.05) is 27.7 Å². The van der Waals surface area contributed by atoms with Crippen molar-refractivity contribution in [2.24, 2.45) is 11.8 Å². The zero-order valence-corrected chi connectivity index (χ0v) is 16.4. The van der Waals surface area contributed by atoms with Crippen LogP contribution in [-0.2, 0) is 4.74 Å². The normalized spacial score (nSPS) is 21.5. The lowest BCUT2D eigenvalue weighted by Crippen LogP contribution is -2.44. The van der Waals surface area contributed by atoms with Crippen LogP contribution in [0.3, 0.4) is 0 Å². The summed E-state index contributed by atoms with van der Waals surface area (Å²) in [5, 5.41) is 0. The number of piperazine rings is 1. The van der Waals surface area contributed by atoms with Crippen molar-refractivity contribution in [1.29, 1.82) is 0 Å². The average molecular weight is 328 g/mol. The van der Waals surface area contributed by atoms with Gasteiger partial charge in [-0.3, -0.25) is 4.90 Å². The molecule has 0 atom stereocenters. The molecule has 2 aliphatic rings. The number of hydrogen-bond acceptors (Lipinski definition) is 4. The summed E-state index contributed by atoms with van der Waals surface area (Å²) in [6.07, 6.45) is 2.67. The lowest BCUT2D eigenvalue weighted by Gasteiger charge is -2.32. The molecule has 2 aliphatic heterocycles. The average Bonchev–Trinajstić information content (AvgIpc) is 2.54. The molecule has 0 spiro atoms. The largest absolute Gasteiger partial charge is 0.379 e. The topological polar surface area (TPSA) is 19.0 Å². The van der Waals surface area contributed by atoms with E-state index in [1.807, 2.05) is 0 Å². The molecular weight excluding hydrogens is 286 g/mol. The summed E-state index contributed by atoms with van der Waals surface area (Å²) in [5.41, 5.74) is 0. The second-order valence-electron chi connectivity index (χ2n) is 7.96. The first-order chi connectivity index (χ1) is 11.0. The van der Waals surface area contributed by atoms with Crippen LogP contribution in [-0.4, -0.2) is 87.3 Å². The molecule has 0 aromatic heterocycles. The number of ether oxygens (including phenoxy) is 1. The van der Waals surface area contributed by atoms with Crippen LogP contribution in [0.15, 0.2) is 0 Å². The van der Waals surface area contributed by atoms with Crippen LogP contribution in [0.4, 0.5) is 0 Å². The van der Waals surface area contributed by atoms with E-state index in [-0.39, 0.29) is 0 Å². The van der Waals surface area contributed by atoms with Crippen LogP contribution in [0.5, 0.6) is 0 Å². The molecule has 4 heteroatoms. The Morgan fingerprint density at radius 3 is 1.57 bits per heavy atom. The highest BCUT2D eigenvalue weighted by molar-refractivity contribution is 4.69. The van der Waals surface area contributed by atoms with Crippen LogP contribution in [0, 0.1) is 11.8 Å². The minimum absolute atomic E-state index is 0.831. The molecule has 0 aliphatic carbocycles. The zero-order valence-electron chi connectivity index (χ0n) is 16.4. The molecule has 2 rings (SSSR count). The van der Waals surface area contributed by atoms with Gasteiger partial charge in [0.2, 0.25) is 0 Å². The molecule has 2 saturated heterocycles. The van der Waals surface area contributed by atoms with Crippen LogP contribution in [0.25, 0.3) is 0 Å². The molecule has 0 unspecified atom stereocenters. The van der Waals surface area contributed by atoms with Gasteiger partial charge in [0.1, 0.15) is 0 Å². The highest BCUT2D eigenvalue weighted by Gasteiger charge is 2.13. The first kappa shape index (κ1) is 20.9. The molecule has 0 aromatic carbocycles. The molecule has 0 saturated carbocycles. The third-order valence-corrected chi connectivity index (χ3v) is 4.74. The van der Waals surface area contributed by atoms with Crippen molar-refractivity contribution in [2.45, 2.75) is 40.5 Å². The van der Waals surface area contributed by atoms with E-state index in [0.29, 0.717) is 0 Å². The van der Waals surface area contributed by atoms with Gasteiger partial charge in [-0.15, -0.1) is 0 Å². The summed E-state index contributed by atoms with van der Waals surface area (Å²) in [4.78, 5) is 7.48. The van der Waals surface area contributed by atoms with E-state index in [1.165, 1.54) is 52.1 Å². The SMILES string of the molecule is CC(C)CCN1CCN(C)CC1.CC(C)CCN1CCOCC1. The van der Waals surface area contributed by atoms with E-state index in [0.717, 1.165) is 38.1 Å². The predicted octanol–water partition coefficient (Wildman–Crippen LogP) is 2.64. The second-order valence-corrected chi connectivity index (χ2v) is 7.96. The predicted molar refractivity (Wildman–Crippen MR) is 100 cm³/mol. The first-order valence-electron chi connectivity index (χ1n) is 9.68. The second kappa shape index (κ2) is 12.2. The van der Waals surface area contributed by atoms with Crippen molar-refractivity contribution >= 4 is 0 Å². The minimum Gasteiger partial charge on any atom is -0.379 e. The lowest BCUT2D eigenvalue weighted by atomic mass is 10.1. The maximum atomic E-state index is 5.26. The van der Waals surface area contributed by atoms with Crippen molar-refractivity contribution in [3.63, 3.8) is 0 Å². The van der Waals surface area contributed by atoms with Gasteiger partial charge in [0.05, 0.1) is 13.2 Å². The van der Waals surface area contributed by atoms with Crippen molar-refractivity contribution in [3.05, 3.63) is 0 Å². The Kier molecular flexibility index (Phi) is 11.1. The fraction of sp³-hybridized carbons (Fsp3) is 1.00. The van der Waals surface area contributed by atoms with Crippen molar-refractivity contribution in [3.8, 4) is 0 Å². The molecular formula is C19H41N3O. The lowest BCUT2D eigenvalue weighted by molar-refractivity contribution is 0.0360. The van der Waals surface area contributed by atoms with Crippen molar-refractivity contribution in [1.82, 2.24) is 14.7 Å². The minimum atomic E-state index is 0.831. The van der Waals surface area contributed by atoms with Gasteiger partial charge < -0.3 is 14.5 Å². The van der Waals surface area contributed by atoms with Gasteiger partial charge in [0.15, 0.2) is 0 Å². The van der Waals surface area contributed by atoms with Gasteiger partial charge in [-0.25, -0.2) is 0 Å². The molecule has 0 N–H and O–H groups in total. The molecule has 0 radical (unpaired) electrons. The number of likely N-dealkylation sites (N-methyl/N-ethyl adjacent to an activating group) is 1. The number of nitrogens with zero attached hydrogens (tertiary/aromatic N) is 3. The third kappa shape index (κ3) is 11.1. The van der Waals surface area contributed by atoms with E-state index in [9.17, 15) is 0 Å². The van der Waals surface area contributed by atoms with Crippen LogP contribution >= 0.6 is 0 Å². The Bertz CT molecular complexity index is 270. The Morgan fingerprint density at radius 1 is 0.696 bits per heavy atom. The van der Waals surface area contributed by atoms with Crippen LogP contribution in [0.1, 0.15) is 40.5 Å². The Morgan fingerprint density at radius 2 is 1.13 bits per heavy atom. The Labute approximate surface area is 145 Å². The van der Waals surface area contributed by atoms with Gasteiger partial charge >= 0.3 is 0 Å². The van der Waals surface area contributed by atoms with Gasteiger partial charge in [-0.2, -0.15) is 0 Å². The standard InChI is InChI=1S/C10H22N2.C9H19NO/c1-10(2)4-5-12-8-6-11(3)7-9-12;1-9(2)3-4-10-5-7-11-8-6-10/h10H,4-9H2,1-3H3;9H,3-8H2,1-2H3. The number of hydrogen-bond donors (Lipinski definition) is 0. The summed E-state index contributed by atoms with van der Waals surface area (Å²) in [6, 6.07) is 0. The first-order valence-corrected chi connectivity index (χ1v) is 9.68. The zero-order chi connectivity index (χ0) is 17.1. The smallest absolute Gasteiger partial charge is 0.0594 e. The van der Waals surface area contributed by atoms with Crippen LogP contribution in [0.2, 0.25) is 0 Å². The molecule has 0 amide bonds. The Hall–Kier alpha value is -0.160. The maximum Gasteiger partial charge on any atom is 0.0594 e. The molecule has 23 heavy (non-hydrogen) atoms. The fourth-order valence-corrected chi connectivity index (χ4v) is 2.78. The van der Waals surface area contributed by atoms with E-state index in [2.05, 4.69) is 49.4 Å². The fourth-order valence-electron chi connectivity index (χ4n) is 2.78. The summed E-state index contributed by atoms with van der Waals surface area (Å²) in [7, 11) is 2.21. The molecule has 138 valence electrons. The van der Waals surface area contributed by atoms with E-state index in [1.54, 1.807) is 0 Å².